The van der Waals surface area contributed by atoms with Crippen LogP contribution in [0, 0.1) is 0 Å². The van der Waals surface area contributed by atoms with Gasteiger partial charge in [-0.1, -0.05) is 0 Å². The van der Waals surface area contributed by atoms with E-state index in [1.165, 1.54) is 11.1 Å². The topological polar surface area (TPSA) is 8.17 Å². The van der Waals surface area contributed by atoms with Gasteiger partial charge in [-0.3, -0.25) is 4.90 Å². The van der Waals surface area contributed by atoms with Crippen molar-refractivity contribution in [1.29, 1.82) is 0 Å². The summed E-state index contributed by atoms with van der Waals surface area (Å²) < 4.78 is 2.16. The number of aromatic nitrogens is 1. The number of hydrogen-bond donors (Lipinski definition) is 0. The fourth-order valence-corrected chi connectivity index (χ4v) is 1.84. The van der Waals surface area contributed by atoms with Gasteiger partial charge in [0.2, 0.25) is 0 Å². The van der Waals surface area contributed by atoms with Crippen LogP contribution in [0.5, 0.6) is 0 Å². The molecule has 0 N–H and O–H groups in total. The van der Waals surface area contributed by atoms with Crippen molar-refractivity contribution in [2.75, 3.05) is 0 Å². The van der Waals surface area contributed by atoms with Crippen molar-refractivity contribution in [3.8, 4) is 0 Å². The average molecular weight is 164 g/mol. The zero-order valence-corrected chi connectivity index (χ0v) is 8.04. The van der Waals surface area contributed by atoms with E-state index >= 15 is 0 Å². The molecule has 2 rings (SSSR count). The fourth-order valence-electron chi connectivity index (χ4n) is 1.84. The summed E-state index contributed by atoms with van der Waals surface area (Å²) in [6.07, 6.45) is 4.47. The molecule has 0 aliphatic carbocycles. The minimum Gasteiger partial charge on any atom is -0.357 e. The van der Waals surface area contributed by atoms with Crippen LogP contribution >= 0.6 is 0 Å². The van der Waals surface area contributed by atoms with Crippen LogP contribution in [0.2, 0.25) is 0 Å². The molecule has 1 aromatic heterocycles. The monoisotopic (exact) mass is 164 g/mol. The maximum absolute atomic E-state index is 2.49. The molecule has 0 spiro atoms. The van der Waals surface area contributed by atoms with Crippen LogP contribution in [-0.4, -0.2) is 15.5 Å². The molecule has 0 amide bonds. The molecule has 12 heavy (non-hydrogen) atoms. The van der Waals surface area contributed by atoms with Crippen LogP contribution in [-0.2, 0) is 20.1 Å². The van der Waals surface area contributed by atoms with Crippen molar-refractivity contribution in [3.63, 3.8) is 0 Å². The number of hydrogen-bond acceptors (Lipinski definition) is 1. The molecule has 1 aromatic rings. The SMILES string of the molecule is CC(C)N1Cc2cn(C)cc2C1. The predicted molar refractivity (Wildman–Crippen MR) is 49.8 cm³/mol. The Labute approximate surface area is 73.8 Å². The summed E-state index contributed by atoms with van der Waals surface area (Å²) in [7, 11) is 2.10. The second-order valence-corrected chi connectivity index (χ2v) is 3.97. The van der Waals surface area contributed by atoms with Crippen LogP contribution in [0.15, 0.2) is 12.4 Å². The summed E-state index contributed by atoms with van der Waals surface area (Å²) in [6, 6.07) is 0.669. The van der Waals surface area contributed by atoms with Crippen molar-refractivity contribution >= 4 is 0 Å². The standard InChI is InChI=1S/C10H16N2/c1-8(2)12-6-9-4-11(3)5-10(9)7-12/h4-5,8H,6-7H2,1-3H3. The van der Waals surface area contributed by atoms with Gasteiger partial charge in [-0.2, -0.15) is 0 Å². The molecule has 2 heterocycles. The third-order valence-corrected chi connectivity index (χ3v) is 2.61. The molecule has 0 unspecified atom stereocenters. The van der Waals surface area contributed by atoms with E-state index in [1.807, 2.05) is 0 Å². The molecule has 0 aromatic carbocycles. The second-order valence-electron chi connectivity index (χ2n) is 3.97. The summed E-state index contributed by atoms with van der Waals surface area (Å²) in [6.45, 7) is 6.78. The Morgan fingerprint density at radius 2 is 1.67 bits per heavy atom. The maximum atomic E-state index is 2.49. The molecule has 0 atom stereocenters. The molecule has 2 nitrogen and oxygen atoms in total. The lowest BCUT2D eigenvalue weighted by atomic mass is 10.2. The zero-order valence-electron chi connectivity index (χ0n) is 8.04. The minimum atomic E-state index is 0.669. The van der Waals surface area contributed by atoms with E-state index in [0.29, 0.717) is 6.04 Å². The van der Waals surface area contributed by atoms with E-state index in [2.05, 4.69) is 42.8 Å². The fraction of sp³-hybridized carbons (Fsp3) is 0.600. The van der Waals surface area contributed by atoms with Crippen LogP contribution in [0.1, 0.15) is 25.0 Å². The van der Waals surface area contributed by atoms with Crippen LogP contribution in [0.4, 0.5) is 0 Å². The molecule has 0 radical (unpaired) electrons. The molecule has 0 saturated carbocycles. The van der Waals surface area contributed by atoms with E-state index in [4.69, 9.17) is 0 Å². The molecule has 0 bridgehead atoms. The molecule has 2 heteroatoms. The molecule has 1 aliphatic rings. The third-order valence-electron chi connectivity index (χ3n) is 2.61. The summed E-state index contributed by atoms with van der Waals surface area (Å²) in [5.41, 5.74) is 3.01. The number of fused-ring (bicyclic) bond motifs is 1. The molecular formula is C10H16N2. The molecule has 1 aliphatic heterocycles. The van der Waals surface area contributed by atoms with Gasteiger partial charge in [-0.05, 0) is 25.0 Å². The highest BCUT2D eigenvalue weighted by atomic mass is 15.2. The first-order valence-electron chi connectivity index (χ1n) is 4.54. The van der Waals surface area contributed by atoms with Gasteiger partial charge in [0.05, 0.1) is 0 Å². The normalized spacial score (nSPS) is 17.3. The zero-order chi connectivity index (χ0) is 8.72. The van der Waals surface area contributed by atoms with Gasteiger partial charge in [-0.15, -0.1) is 0 Å². The van der Waals surface area contributed by atoms with Crippen LogP contribution < -0.4 is 0 Å². The van der Waals surface area contributed by atoms with E-state index < -0.39 is 0 Å². The van der Waals surface area contributed by atoms with Gasteiger partial charge in [0, 0.05) is 38.6 Å². The molecular weight excluding hydrogens is 148 g/mol. The first-order chi connectivity index (χ1) is 5.66. The van der Waals surface area contributed by atoms with Crippen LogP contribution in [0.25, 0.3) is 0 Å². The Morgan fingerprint density at radius 1 is 1.17 bits per heavy atom. The maximum Gasteiger partial charge on any atom is 0.0258 e. The van der Waals surface area contributed by atoms with Crippen molar-refractivity contribution in [2.45, 2.75) is 33.0 Å². The minimum absolute atomic E-state index is 0.669. The first kappa shape index (κ1) is 7.87. The van der Waals surface area contributed by atoms with Gasteiger partial charge in [0.15, 0.2) is 0 Å². The number of rotatable bonds is 1. The summed E-state index contributed by atoms with van der Waals surface area (Å²) in [5, 5.41) is 0. The van der Waals surface area contributed by atoms with Crippen molar-refractivity contribution in [2.24, 2.45) is 7.05 Å². The van der Waals surface area contributed by atoms with E-state index in [0.717, 1.165) is 13.1 Å². The molecule has 66 valence electrons. The smallest absolute Gasteiger partial charge is 0.0258 e. The largest absolute Gasteiger partial charge is 0.357 e. The highest BCUT2D eigenvalue weighted by Gasteiger charge is 2.21. The summed E-state index contributed by atoms with van der Waals surface area (Å²) in [5.74, 6) is 0. The Morgan fingerprint density at radius 3 is 2.08 bits per heavy atom. The Bertz CT molecular complexity index is 263. The molecule has 0 fully saturated rings. The van der Waals surface area contributed by atoms with Crippen molar-refractivity contribution in [1.82, 2.24) is 9.47 Å². The Balaban J connectivity index is 2.18. The summed E-state index contributed by atoms with van der Waals surface area (Å²) >= 11 is 0. The molecule has 0 saturated heterocycles. The number of aryl methyl sites for hydroxylation is 1. The Kier molecular flexibility index (Phi) is 1.72. The quantitative estimate of drug-likeness (QED) is 0.614. The Hall–Kier alpha value is -0.760. The summed E-state index contributed by atoms with van der Waals surface area (Å²) in [4.78, 5) is 2.49. The van der Waals surface area contributed by atoms with Crippen molar-refractivity contribution < 1.29 is 0 Å². The first-order valence-corrected chi connectivity index (χ1v) is 4.54. The van der Waals surface area contributed by atoms with Gasteiger partial charge >= 0.3 is 0 Å². The number of nitrogens with zero attached hydrogens (tertiary/aromatic N) is 2. The van der Waals surface area contributed by atoms with E-state index in [-0.39, 0.29) is 0 Å². The average Bonchev–Trinajstić information content (AvgIpc) is 2.42. The van der Waals surface area contributed by atoms with Gasteiger partial charge in [0.25, 0.3) is 0 Å². The third kappa shape index (κ3) is 1.16. The lowest BCUT2D eigenvalue weighted by Gasteiger charge is -2.19. The van der Waals surface area contributed by atoms with Gasteiger partial charge < -0.3 is 4.57 Å². The van der Waals surface area contributed by atoms with E-state index in [9.17, 15) is 0 Å². The lowest BCUT2D eigenvalue weighted by Crippen LogP contribution is -2.24. The van der Waals surface area contributed by atoms with Crippen molar-refractivity contribution in [3.05, 3.63) is 23.5 Å². The second kappa shape index (κ2) is 2.63. The lowest BCUT2D eigenvalue weighted by molar-refractivity contribution is 0.226. The van der Waals surface area contributed by atoms with E-state index in [1.54, 1.807) is 0 Å². The highest BCUT2D eigenvalue weighted by molar-refractivity contribution is 5.28. The predicted octanol–water partition coefficient (Wildman–Crippen LogP) is 1.75. The van der Waals surface area contributed by atoms with Gasteiger partial charge in [0.1, 0.15) is 0 Å². The van der Waals surface area contributed by atoms with Crippen LogP contribution in [0.3, 0.4) is 0 Å². The van der Waals surface area contributed by atoms with Gasteiger partial charge in [-0.25, -0.2) is 0 Å². The highest BCUT2D eigenvalue weighted by Crippen LogP contribution is 2.24.